The number of amides is 1. The number of carbonyl (C=O) groups excluding carboxylic acids is 1. The third-order valence-electron chi connectivity index (χ3n) is 4.78. The minimum Gasteiger partial charge on any atom is -0.342 e. The van der Waals surface area contributed by atoms with Gasteiger partial charge in [0.1, 0.15) is 10.9 Å². The summed E-state index contributed by atoms with van der Waals surface area (Å²) in [5, 5.41) is 0.0805. The molecule has 0 radical (unpaired) electrons. The number of fused-ring (bicyclic) bond motifs is 1. The summed E-state index contributed by atoms with van der Waals surface area (Å²) < 4.78 is 25.4. The van der Waals surface area contributed by atoms with E-state index in [4.69, 9.17) is 0 Å². The maximum absolute atomic E-state index is 12.8. The summed E-state index contributed by atoms with van der Waals surface area (Å²) in [6, 6.07) is 11.1. The average Bonchev–Trinajstić information content (AvgIpc) is 3.12. The number of halogens is 2. The van der Waals surface area contributed by atoms with Crippen LogP contribution in [-0.4, -0.2) is 44.6 Å². The van der Waals surface area contributed by atoms with E-state index in [0.717, 1.165) is 29.7 Å². The number of H-pyrrole nitrogens is 1. The number of hydrogen-bond donors (Lipinski definition) is 1. The number of rotatable bonds is 4. The van der Waals surface area contributed by atoms with Crippen LogP contribution in [0.25, 0.3) is 11.0 Å². The zero-order chi connectivity index (χ0) is 18.8. The van der Waals surface area contributed by atoms with Crippen LogP contribution < -0.4 is 0 Å². The van der Waals surface area contributed by atoms with Crippen LogP contribution in [-0.2, 0) is 0 Å². The Bertz CT molecular complexity index is 921. The summed E-state index contributed by atoms with van der Waals surface area (Å²) in [5.74, 6) is -1.65. The highest BCUT2D eigenvalue weighted by Crippen LogP contribution is 2.31. The normalized spacial score (nSPS) is 15.6. The number of imidazole rings is 1. The molecule has 0 saturated carbocycles. The number of aromatic nitrogens is 3. The second kappa shape index (κ2) is 7.64. The Hall–Kier alpha value is -2.48. The SMILES string of the molecule is O=C(c1cccnc1SC(F)F)N1CCC(c2nc3ccccc3[nH]2)CC1. The van der Waals surface area contributed by atoms with Crippen molar-refractivity contribution in [3.05, 3.63) is 54.0 Å². The van der Waals surface area contributed by atoms with E-state index in [0.29, 0.717) is 24.9 Å². The molecule has 4 rings (SSSR count). The Morgan fingerprint density at radius 2 is 1.96 bits per heavy atom. The molecule has 140 valence electrons. The fourth-order valence-corrected chi connectivity index (χ4v) is 4.00. The molecule has 1 saturated heterocycles. The first-order valence-electron chi connectivity index (χ1n) is 8.75. The van der Waals surface area contributed by atoms with E-state index in [9.17, 15) is 13.6 Å². The second-order valence-corrected chi connectivity index (χ2v) is 7.42. The second-order valence-electron chi connectivity index (χ2n) is 6.44. The van der Waals surface area contributed by atoms with Crippen molar-refractivity contribution >= 4 is 28.7 Å². The molecular formula is C19H18F2N4OS. The summed E-state index contributed by atoms with van der Waals surface area (Å²) >= 11 is 0.310. The van der Waals surface area contributed by atoms with Gasteiger partial charge in [0.25, 0.3) is 11.7 Å². The number of benzene rings is 1. The van der Waals surface area contributed by atoms with Crippen LogP contribution in [0.5, 0.6) is 0 Å². The summed E-state index contributed by atoms with van der Waals surface area (Å²) in [6.07, 6.45) is 2.99. The third-order valence-corrected chi connectivity index (χ3v) is 5.51. The molecule has 0 spiro atoms. The molecule has 1 aliphatic heterocycles. The van der Waals surface area contributed by atoms with Crippen LogP contribution in [0, 0.1) is 0 Å². The number of alkyl halides is 2. The topological polar surface area (TPSA) is 61.9 Å². The summed E-state index contributed by atoms with van der Waals surface area (Å²) in [7, 11) is 0. The van der Waals surface area contributed by atoms with Gasteiger partial charge in [0, 0.05) is 25.2 Å². The lowest BCUT2D eigenvalue weighted by Crippen LogP contribution is -2.38. The minimum absolute atomic E-state index is 0.0805. The quantitative estimate of drug-likeness (QED) is 0.677. The summed E-state index contributed by atoms with van der Waals surface area (Å²) in [6.45, 7) is 1.13. The predicted molar refractivity (Wildman–Crippen MR) is 100 cm³/mol. The van der Waals surface area contributed by atoms with Gasteiger partial charge in [0.05, 0.1) is 16.6 Å². The first kappa shape index (κ1) is 17.9. The van der Waals surface area contributed by atoms with E-state index >= 15 is 0 Å². The van der Waals surface area contributed by atoms with Crippen molar-refractivity contribution in [1.29, 1.82) is 0 Å². The largest absolute Gasteiger partial charge is 0.342 e. The lowest BCUT2D eigenvalue weighted by Gasteiger charge is -2.31. The maximum atomic E-state index is 12.8. The van der Waals surface area contributed by atoms with Gasteiger partial charge in [-0.2, -0.15) is 8.78 Å². The molecule has 0 aliphatic carbocycles. The van der Waals surface area contributed by atoms with Crippen LogP contribution in [0.3, 0.4) is 0 Å². The van der Waals surface area contributed by atoms with E-state index in [1.807, 2.05) is 24.3 Å². The van der Waals surface area contributed by atoms with Crippen molar-refractivity contribution in [2.75, 3.05) is 13.1 Å². The fourth-order valence-electron chi connectivity index (χ4n) is 3.42. The molecule has 0 atom stereocenters. The summed E-state index contributed by atoms with van der Waals surface area (Å²) in [5.41, 5.74) is 2.19. The van der Waals surface area contributed by atoms with Gasteiger partial charge in [-0.1, -0.05) is 12.1 Å². The van der Waals surface area contributed by atoms with Gasteiger partial charge in [-0.3, -0.25) is 4.79 Å². The standard InChI is InChI=1S/C19H18F2N4OS/c20-19(21)27-17-13(4-3-9-22-17)18(26)25-10-7-12(8-11-25)16-23-14-5-1-2-6-15(14)24-16/h1-6,9,12,19H,7-8,10-11H2,(H,23,24). The number of pyridine rings is 1. The van der Waals surface area contributed by atoms with Crippen LogP contribution in [0.2, 0.25) is 0 Å². The van der Waals surface area contributed by atoms with Crippen LogP contribution in [0.4, 0.5) is 8.78 Å². The fraction of sp³-hybridized carbons (Fsp3) is 0.316. The Morgan fingerprint density at radius 1 is 1.19 bits per heavy atom. The molecule has 3 aromatic rings. The van der Waals surface area contributed by atoms with Gasteiger partial charge in [-0.25, -0.2) is 9.97 Å². The monoisotopic (exact) mass is 388 g/mol. The van der Waals surface area contributed by atoms with E-state index in [1.165, 1.54) is 6.20 Å². The third kappa shape index (κ3) is 3.80. The molecule has 1 aromatic carbocycles. The van der Waals surface area contributed by atoms with Gasteiger partial charge in [0.15, 0.2) is 0 Å². The smallest absolute Gasteiger partial charge is 0.290 e. The van der Waals surface area contributed by atoms with Crippen molar-refractivity contribution in [3.63, 3.8) is 0 Å². The van der Waals surface area contributed by atoms with Crippen molar-refractivity contribution in [3.8, 4) is 0 Å². The van der Waals surface area contributed by atoms with E-state index in [-0.39, 0.29) is 22.4 Å². The van der Waals surface area contributed by atoms with Gasteiger partial charge in [-0.15, -0.1) is 0 Å². The highest BCUT2D eigenvalue weighted by atomic mass is 32.2. The molecule has 8 heteroatoms. The molecule has 1 aliphatic rings. The summed E-state index contributed by atoms with van der Waals surface area (Å²) in [4.78, 5) is 26.5. The first-order chi connectivity index (χ1) is 13.1. The molecule has 0 bridgehead atoms. The minimum atomic E-state index is -2.61. The number of aromatic amines is 1. The lowest BCUT2D eigenvalue weighted by molar-refractivity contribution is 0.0707. The van der Waals surface area contributed by atoms with Gasteiger partial charge >= 0.3 is 0 Å². The molecule has 5 nitrogen and oxygen atoms in total. The van der Waals surface area contributed by atoms with Crippen LogP contribution in [0.1, 0.15) is 34.9 Å². The molecule has 2 aromatic heterocycles. The zero-order valence-corrected chi connectivity index (χ0v) is 15.3. The van der Waals surface area contributed by atoms with Gasteiger partial charge < -0.3 is 9.88 Å². The number of piperidine rings is 1. The number of nitrogens with one attached hydrogen (secondary N) is 1. The number of thioether (sulfide) groups is 1. The number of likely N-dealkylation sites (tertiary alicyclic amines) is 1. The molecule has 1 amide bonds. The lowest BCUT2D eigenvalue weighted by atomic mass is 9.96. The number of hydrogen-bond acceptors (Lipinski definition) is 4. The Balaban J connectivity index is 1.45. The highest BCUT2D eigenvalue weighted by Gasteiger charge is 2.28. The number of nitrogens with zero attached hydrogens (tertiary/aromatic N) is 3. The highest BCUT2D eigenvalue weighted by molar-refractivity contribution is 7.99. The molecule has 1 N–H and O–H groups in total. The van der Waals surface area contributed by atoms with E-state index in [2.05, 4.69) is 15.0 Å². The van der Waals surface area contributed by atoms with E-state index < -0.39 is 5.76 Å². The van der Waals surface area contributed by atoms with Gasteiger partial charge in [-0.05, 0) is 48.9 Å². The molecule has 3 heterocycles. The molecule has 1 fully saturated rings. The van der Waals surface area contributed by atoms with Crippen LogP contribution in [0.15, 0.2) is 47.6 Å². The molecule has 0 unspecified atom stereocenters. The number of para-hydroxylation sites is 2. The van der Waals surface area contributed by atoms with Crippen molar-refractivity contribution in [2.45, 2.75) is 29.5 Å². The maximum Gasteiger partial charge on any atom is 0.290 e. The van der Waals surface area contributed by atoms with Crippen LogP contribution >= 0.6 is 11.8 Å². The first-order valence-corrected chi connectivity index (χ1v) is 9.63. The van der Waals surface area contributed by atoms with Crippen molar-refractivity contribution in [2.24, 2.45) is 0 Å². The number of carbonyl (C=O) groups is 1. The van der Waals surface area contributed by atoms with Crippen molar-refractivity contribution < 1.29 is 13.6 Å². The Labute approximate surface area is 159 Å². The molecule has 27 heavy (non-hydrogen) atoms. The van der Waals surface area contributed by atoms with Crippen molar-refractivity contribution in [1.82, 2.24) is 19.9 Å². The molecular weight excluding hydrogens is 370 g/mol. The zero-order valence-electron chi connectivity index (χ0n) is 14.4. The predicted octanol–water partition coefficient (Wildman–Crippen LogP) is 4.29. The van der Waals surface area contributed by atoms with Gasteiger partial charge in [0.2, 0.25) is 0 Å². The Morgan fingerprint density at radius 3 is 2.70 bits per heavy atom. The van der Waals surface area contributed by atoms with E-state index in [1.54, 1.807) is 17.0 Å². The Kier molecular flexibility index (Phi) is 5.07. The average molecular weight is 388 g/mol.